The first-order valence-electron chi connectivity index (χ1n) is 8.22. The van der Waals surface area contributed by atoms with Gasteiger partial charge in [0.2, 0.25) is 5.91 Å². The summed E-state index contributed by atoms with van der Waals surface area (Å²) in [7, 11) is 0. The number of rotatable bonds is 4. The van der Waals surface area contributed by atoms with E-state index in [4.69, 9.17) is 5.26 Å². The number of carbonyl (C=O) groups excluding carboxylic acids is 1. The first-order valence-corrected chi connectivity index (χ1v) is 9.04. The highest BCUT2D eigenvalue weighted by molar-refractivity contribution is 7.15. The minimum absolute atomic E-state index is 0.00212. The molecular formula is C18H16F3N3OS. The Labute approximate surface area is 152 Å². The summed E-state index contributed by atoms with van der Waals surface area (Å²) in [5.74, 6) is -0.0736. The molecule has 0 unspecified atom stereocenters. The van der Waals surface area contributed by atoms with Gasteiger partial charge in [0.05, 0.1) is 17.2 Å². The molecule has 1 fully saturated rings. The van der Waals surface area contributed by atoms with E-state index in [-0.39, 0.29) is 29.4 Å². The summed E-state index contributed by atoms with van der Waals surface area (Å²) in [4.78, 5) is 16.8. The van der Waals surface area contributed by atoms with Crippen molar-refractivity contribution in [2.75, 3.05) is 5.32 Å². The first-order chi connectivity index (χ1) is 12.4. The Kier molecular flexibility index (Phi) is 5.28. The second-order valence-electron chi connectivity index (χ2n) is 6.26. The van der Waals surface area contributed by atoms with E-state index >= 15 is 0 Å². The number of halogens is 3. The van der Waals surface area contributed by atoms with Gasteiger partial charge in [0.25, 0.3) is 0 Å². The number of hydrogen-bond donors (Lipinski definition) is 1. The van der Waals surface area contributed by atoms with E-state index in [0.717, 1.165) is 31.7 Å². The number of anilines is 1. The largest absolute Gasteiger partial charge is 0.416 e. The molecule has 1 aliphatic rings. The molecule has 0 aliphatic heterocycles. The maximum atomic E-state index is 13.2. The number of nitriles is 1. The fraction of sp³-hybridized carbons (Fsp3) is 0.389. The average molecular weight is 379 g/mol. The molecule has 1 aliphatic carbocycles. The molecule has 4 nitrogen and oxygen atoms in total. The summed E-state index contributed by atoms with van der Waals surface area (Å²) in [6.07, 6.45) is 0.798. The van der Waals surface area contributed by atoms with E-state index in [1.807, 2.05) is 0 Å². The predicted octanol–water partition coefficient (Wildman–Crippen LogP) is 4.75. The summed E-state index contributed by atoms with van der Waals surface area (Å²) in [5.41, 5.74) is -0.773. The van der Waals surface area contributed by atoms with Crippen molar-refractivity contribution in [3.8, 4) is 6.07 Å². The van der Waals surface area contributed by atoms with Crippen LogP contribution in [0.15, 0.2) is 24.4 Å². The van der Waals surface area contributed by atoms with Crippen molar-refractivity contribution in [3.63, 3.8) is 0 Å². The fourth-order valence-electron chi connectivity index (χ4n) is 3.09. The summed E-state index contributed by atoms with van der Waals surface area (Å²) < 4.78 is 39.7. The number of hydrogen-bond acceptors (Lipinski definition) is 4. The van der Waals surface area contributed by atoms with Crippen LogP contribution in [0, 0.1) is 17.2 Å². The van der Waals surface area contributed by atoms with Crippen LogP contribution in [0.5, 0.6) is 0 Å². The lowest BCUT2D eigenvalue weighted by Gasteiger charge is -2.12. The Balaban J connectivity index is 1.75. The van der Waals surface area contributed by atoms with Gasteiger partial charge >= 0.3 is 6.18 Å². The third-order valence-electron chi connectivity index (χ3n) is 4.42. The molecule has 26 heavy (non-hydrogen) atoms. The van der Waals surface area contributed by atoms with Crippen molar-refractivity contribution in [2.45, 2.75) is 38.3 Å². The minimum Gasteiger partial charge on any atom is -0.302 e. The maximum Gasteiger partial charge on any atom is 0.416 e. The van der Waals surface area contributed by atoms with Crippen LogP contribution >= 0.6 is 11.3 Å². The van der Waals surface area contributed by atoms with Crippen molar-refractivity contribution in [1.82, 2.24) is 4.98 Å². The van der Waals surface area contributed by atoms with E-state index in [1.54, 1.807) is 6.07 Å². The van der Waals surface area contributed by atoms with Gasteiger partial charge in [0.15, 0.2) is 5.13 Å². The van der Waals surface area contributed by atoms with Crippen LogP contribution in [-0.4, -0.2) is 10.9 Å². The maximum absolute atomic E-state index is 13.2. The topological polar surface area (TPSA) is 65.8 Å². The van der Waals surface area contributed by atoms with Gasteiger partial charge in [-0.1, -0.05) is 18.9 Å². The molecule has 1 aromatic carbocycles. The van der Waals surface area contributed by atoms with E-state index in [2.05, 4.69) is 10.3 Å². The zero-order valence-corrected chi connectivity index (χ0v) is 14.6. The van der Waals surface area contributed by atoms with Crippen LogP contribution in [0.25, 0.3) is 0 Å². The Morgan fingerprint density at radius 3 is 2.73 bits per heavy atom. The van der Waals surface area contributed by atoms with Crippen LogP contribution in [-0.2, 0) is 17.4 Å². The molecule has 8 heteroatoms. The number of thiazole rings is 1. The van der Waals surface area contributed by atoms with Crippen molar-refractivity contribution < 1.29 is 18.0 Å². The molecule has 1 amide bonds. The summed E-state index contributed by atoms with van der Waals surface area (Å²) in [5, 5.41) is 12.0. The lowest BCUT2D eigenvalue weighted by Crippen LogP contribution is -2.19. The van der Waals surface area contributed by atoms with Gasteiger partial charge in [-0.3, -0.25) is 4.79 Å². The lowest BCUT2D eigenvalue weighted by molar-refractivity contribution is -0.138. The SMILES string of the molecule is N#Cc1ccc(Cc2cnc(NC(=O)C3CCCC3)s2)c(C(F)(F)F)c1. The second kappa shape index (κ2) is 7.46. The molecule has 2 aromatic rings. The summed E-state index contributed by atoms with van der Waals surface area (Å²) in [6, 6.07) is 5.27. The number of alkyl halides is 3. The Morgan fingerprint density at radius 1 is 1.35 bits per heavy atom. The van der Waals surface area contributed by atoms with Crippen molar-refractivity contribution in [3.05, 3.63) is 46.0 Å². The van der Waals surface area contributed by atoms with Crippen LogP contribution in [0.1, 0.15) is 47.3 Å². The Morgan fingerprint density at radius 2 is 2.08 bits per heavy atom. The lowest BCUT2D eigenvalue weighted by atomic mass is 10.0. The highest BCUT2D eigenvalue weighted by Crippen LogP contribution is 2.35. The monoisotopic (exact) mass is 379 g/mol. The normalized spacial score (nSPS) is 15.0. The van der Waals surface area contributed by atoms with Crippen LogP contribution in [0.3, 0.4) is 0 Å². The summed E-state index contributed by atoms with van der Waals surface area (Å²) in [6.45, 7) is 0. The number of nitrogens with zero attached hydrogens (tertiary/aromatic N) is 2. The molecule has 136 valence electrons. The number of amides is 1. The van der Waals surface area contributed by atoms with Crippen LogP contribution < -0.4 is 5.32 Å². The molecule has 1 heterocycles. The van der Waals surface area contributed by atoms with Gasteiger partial charge in [-0.15, -0.1) is 11.3 Å². The zero-order chi connectivity index (χ0) is 18.7. The molecule has 1 N–H and O–H groups in total. The van der Waals surface area contributed by atoms with E-state index < -0.39 is 11.7 Å². The van der Waals surface area contributed by atoms with Gasteiger partial charge in [-0.05, 0) is 30.5 Å². The fourth-order valence-corrected chi connectivity index (χ4v) is 3.93. The second-order valence-corrected chi connectivity index (χ2v) is 7.38. The van der Waals surface area contributed by atoms with Gasteiger partial charge in [-0.25, -0.2) is 4.98 Å². The number of carbonyl (C=O) groups is 1. The van der Waals surface area contributed by atoms with Crippen LogP contribution in [0.4, 0.5) is 18.3 Å². The van der Waals surface area contributed by atoms with Gasteiger partial charge in [0.1, 0.15) is 0 Å². The van der Waals surface area contributed by atoms with Gasteiger partial charge < -0.3 is 5.32 Å². The van der Waals surface area contributed by atoms with Gasteiger partial charge in [0, 0.05) is 23.4 Å². The predicted molar refractivity (Wildman–Crippen MR) is 91.7 cm³/mol. The summed E-state index contributed by atoms with van der Waals surface area (Å²) >= 11 is 1.17. The minimum atomic E-state index is -4.54. The highest BCUT2D eigenvalue weighted by Gasteiger charge is 2.33. The molecule has 1 saturated carbocycles. The average Bonchev–Trinajstić information content (AvgIpc) is 3.26. The van der Waals surface area contributed by atoms with E-state index in [0.29, 0.717) is 10.0 Å². The van der Waals surface area contributed by atoms with E-state index in [1.165, 1.54) is 29.7 Å². The highest BCUT2D eigenvalue weighted by atomic mass is 32.1. The number of aromatic nitrogens is 1. The third-order valence-corrected chi connectivity index (χ3v) is 5.33. The number of nitrogens with one attached hydrogen (secondary N) is 1. The molecule has 3 rings (SSSR count). The zero-order valence-electron chi connectivity index (χ0n) is 13.8. The molecule has 1 aromatic heterocycles. The Hall–Kier alpha value is -2.40. The molecule has 0 bridgehead atoms. The van der Waals surface area contributed by atoms with Gasteiger partial charge in [-0.2, -0.15) is 18.4 Å². The van der Waals surface area contributed by atoms with Crippen LogP contribution in [0.2, 0.25) is 0 Å². The third kappa shape index (κ3) is 4.22. The first kappa shape index (κ1) is 18.4. The van der Waals surface area contributed by atoms with Crippen molar-refractivity contribution >= 4 is 22.4 Å². The van der Waals surface area contributed by atoms with Crippen molar-refractivity contribution in [1.29, 1.82) is 5.26 Å². The van der Waals surface area contributed by atoms with E-state index in [9.17, 15) is 18.0 Å². The smallest absolute Gasteiger partial charge is 0.302 e. The van der Waals surface area contributed by atoms with Crippen molar-refractivity contribution in [2.24, 2.45) is 5.92 Å². The standard InChI is InChI=1S/C18H16F3N3OS/c19-18(20,21)15-7-11(9-22)5-6-13(15)8-14-10-23-17(26-14)24-16(25)12-3-1-2-4-12/h5-7,10,12H,1-4,8H2,(H,23,24,25). The molecule has 0 radical (unpaired) electrons. The molecule has 0 saturated heterocycles. The molecular weight excluding hydrogens is 363 g/mol. The Bertz CT molecular complexity index is 848. The molecule has 0 atom stereocenters. The number of benzene rings is 1. The molecule has 0 spiro atoms. The quantitative estimate of drug-likeness (QED) is 0.833.